The Morgan fingerprint density at radius 3 is 2.93 bits per heavy atom. The van der Waals surface area contributed by atoms with Gasteiger partial charge in [-0.25, -0.2) is 0 Å². The molecule has 0 N–H and O–H groups in total. The SMILES string of the molecule is [c]1ccc(CCCOCC2CO2)cc1. The van der Waals surface area contributed by atoms with Crippen molar-refractivity contribution in [3.05, 3.63) is 35.9 Å². The molecule has 14 heavy (non-hydrogen) atoms. The predicted octanol–water partition coefficient (Wildman–Crippen LogP) is 1.83. The van der Waals surface area contributed by atoms with Crippen molar-refractivity contribution in [3.8, 4) is 0 Å². The largest absolute Gasteiger partial charge is 0.379 e. The summed E-state index contributed by atoms with van der Waals surface area (Å²) in [5.74, 6) is 0. The summed E-state index contributed by atoms with van der Waals surface area (Å²) in [6, 6.07) is 11.1. The Hall–Kier alpha value is -0.860. The highest BCUT2D eigenvalue weighted by atomic mass is 16.6. The van der Waals surface area contributed by atoms with Gasteiger partial charge >= 0.3 is 0 Å². The topological polar surface area (TPSA) is 21.8 Å². The first-order valence-electron chi connectivity index (χ1n) is 5.09. The van der Waals surface area contributed by atoms with Crippen LogP contribution in [0.1, 0.15) is 12.0 Å². The highest BCUT2D eigenvalue weighted by Gasteiger charge is 2.21. The van der Waals surface area contributed by atoms with Gasteiger partial charge in [0.05, 0.1) is 13.2 Å². The number of aryl methyl sites for hydroxylation is 1. The first kappa shape index (κ1) is 9.69. The van der Waals surface area contributed by atoms with E-state index in [-0.39, 0.29) is 0 Å². The minimum Gasteiger partial charge on any atom is -0.379 e. The molecule has 0 spiro atoms. The van der Waals surface area contributed by atoms with E-state index in [1.165, 1.54) is 5.56 Å². The van der Waals surface area contributed by atoms with E-state index in [1.807, 2.05) is 12.1 Å². The van der Waals surface area contributed by atoms with Crippen molar-refractivity contribution in [3.63, 3.8) is 0 Å². The molecule has 1 aliphatic rings. The molecule has 2 nitrogen and oxygen atoms in total. The van der Waals surface area contributed by atoms with Gasteiger partial charge in [0.1, 0.15) is 6.10 Å². The monoisotopic (exact) mass is 191 g/mol. The summed E-state index contributed by atoms with van der Waals surface area (Å²) in [5, 5.41) is 0. The van der Waals surface area contributed by atoms with Gasteiger partial charge in [-0.3, -0.25) is 0 Å². The summed E-state index contributed by atoms with van der Waals surface area (Å²) < 4.78 is 10.5. The maximum atomic E-state index is 5.45. The zero-order valence-corrected chi connectivity index (χ0v) is 8.24. The van der Waals surface area contributed by atoms with Gasteiger partial charge in [0.15, 0.2) is 0 Å². The van der Waals surface area contributed by atoms with Crippen LogP contribution in [0.4, 0.5) is 0 Å². The van der Waals surface area contributed by atoms with E-state index < -0.39 is 0 Å². The Morgan fingerprint density at radius 1 is 1.43 bits per heavy atom. The molecule has 1 aromatic rings. The van der Waals surface area contributed by atoms with Crippen LogP contribution in [-0.2, 0) is 15.9 Å². The molecule has 1 unspecified atom stereocenters. The van der Waals surface area contributed by atoms with E-state index in [1.54, 1.807) is 0 Å². The van der Waals surface area contributed by atoms with Crippen LogP contribution in [0.3, 0.4) is 0 Å². The molecule has 1 radical (unpaired) electrons. The Morgan fingerprint density at radius 2 is 2.21 bits per heavy atom. The zero-order chi connectivity index (χ0) is 9.64. The Balaban J connectivity index is 1.54. The van der Waals surface area contributed by atoms with Gasteiger partial charge in [0, 0.05) is 6.61 Å². The van der Waals surface area contributed by atoms with Gasteiger partial charge in [-0.1, -0.05) is 24.3 Å². The molecule has 1 aliphatic heterocycles. The number of epoxide rings is 1. The molecule has 1 heterocycles. The second kappa shape index (κ2) is 5.13. The van der Waals surface area contributed by atoms with E-state index in [4.69, 9.17) is 9.47 Å². The smallest absolute Gasteiger partial charge is 0.104 e. The molecule has 1 aromatic carbocycles. The molecule has 0 amide bonds. The van der Waals surface area contributed by atoms with Crippen LogP contribution >= 0.6 is 0 Å². The van der Waals surface area contributed by atoms with Crippen LogP contribution in [0.5, 0.6) is 0 Å². The fourth-order valence-electron chi connectivity index (χ4n) is 1.35. The predicted molar refractivity (Wildman–Crippen MR) is 54.2 cm³/mol. The van der Waals surface area contributed by atoms with Crippen molar-refractivity contribution >= 4 is 0 Å². The second-order valence-corrected chi connectivity index (χ2v) is 3.54. The summed E-state index contributed by atoms with van der Waals surface area (Å²) >= 11 is 0. The zero-order valence-electron chi connectivity index (χ0n) is 8.24. The maximum Gasteiger partial charge on any atom is 0.104 e. The molecular formula is C12H15O2. The van der Waals surface area contributed by atoms with E-state index in [0.29, 0.717) is 6.10 Å². The fraction of sp³-hybridized carbons (Fsp3) is 0.500. The molecule has 0 aliphatic carbocycles. The van der Waals surface area contributed by atoms with Gasteiger partial charge < -0.3 is 9.47 Å². The van der Waals surface area contributed by atoms with Crippen LogP contribution in [0, 0.1) is 6.07 Å². The summed E-state index contributed by atoms with van der Waals surface area (Å²) in [6.45, 7) is 2.48. The summed E-state index contributed by atoms with van der Waals surface area (Å²) in [4.78, 5) is 0. The Labute approximate surface area is 84.8 Å². The average molecular weight is 191 g/mol. The van der Waals surface area contributed by atoms with E-state index in [2.05, 4.69) is 18.2 Å². The minimum atomic E-state index is 0.390. The highest BCUT2D eigenvalue weighted by molar-refractivity contribution is 5.13. The maximum absolute atomic E-state index is 5.45. The lowest BCUT2D eigenvalue weighted by molar-refractivity contribution is 0.114. The van der Waals surface area contributed by atoms with Crippen molar-refractivity contribution in [2.75, 3.05) is 19.8 Å². The number of ether oxygens (including phenoxy) is 2. The van der Waals surface area contributed by atoms with Gasteiger partial charge in [-0.05, 0) is 24.5 Å². The second-order valence-electron chi connectivity index (χ2n) is 3.54. The molecule has 2 heteroatoms. The molecule has 75 valence electrons. The van der Waals surface area contributed by atoms with Gasteiger partial charge in [-0.15, -0.1) is 0 Å². The quantitative estimate of drug-likeness (QED) is 0.505. The van der Waals surface area contributed by atoms with Gasteiger partial charge in [0.25, 0.3) is 0 Å². The first-order chi connectivity index (χ1) is 6.95. The Bertz CT molecular complexity index is 254. The molecule has 1 fully saturated rings. The lowest BCUT2D eigenvalue weighted by atomic mass is 10.1. The van der Waals surface area contributed by atoms with Crippen LogP contribution < -0.4 is 0 Å². The molecule has 0 saturated carbocycles. The fourth-order valence-corrected chi connectivity index (χ4v) is 1.35. The molecule has 0 aromatic heterocycles. The molecule has 1 atom stereocenters. The average Bonchev–Trinajstić information content (AvgIpc) is 3.03. The van der Waals surface area contributed by atoms with Crippen molar-refractivity contribution in [1.29, 1.82) is 0 Å². The summed E-state index contributed by atoms with van der Waals surface area (Å²) in [5.41, 5.74) is 1.36. The normalized spacial score (nSPS) is 19.6. The molecular weight excluding hydrogens is 176 g/mol. The molecule has 1 saturated heterocycles. The highest BCUT2D eigenvalue weighted by Crippen LogP contribution is 2.09. The molecule has 0 bridgehead atoms. The van der Waals surface area contributed by atoms with Gasteiger partial charge in [-0.2, -0.15) is 0 Å². The summed E-state index contributed by atoms with van der Waals surface area (Å²) in [7, 11) is 0. The molecule has 2 rings (SSSR count). The van der Waals surface area contributed by atoms with Crippen molar-refractivity contribution in [1.82, 2.24) is 0 Å². The lowest BCUT2D eigenvalue weighted by Gasteiger charge is -2.02. The number of hydrogen-bond donors (Lipinski definition) is 0. The number of hydrogen-bond acceptors (Lipinski definition) is 2. The van der Waals surface area contributed by atoms with Crippen LogP contribution in [0.15, 0.2) is 24.3 Å². The third-order valence-electron chi connectivity index (χ3n) is 2.25. The van der Waals surface area contributed by atoms with Crippen molar-refractivity contribution in [2.24, 2.45) is 0 Å². The third-order valence-corrected chi connectivity index (χ3v) is 2.25. The van der Waals surface area contributed by atoms with Crippen LogP contribution in [0.25, 0.3) is 0 Å². The van der Waals surface area contributed by atoms with E-state index >= 15 is 0 Å². The Kier molecular flexibility index (Phi) is 3.55. The van der Waals surface area contributed by atoms with E-state index in [9.17, 15) is 0 Å². The third kappa shape index (κ3) is 3.48. The minimum absolute atomic E-state index is 0.390. The van der Waals surface area contributed by atoms with E-state index in [0.717, 1.165) is 32.7 Å². The van der Waals surface area contributed by atoms with Gasteiger partial charge in [0.2, 0.25) is 0 Å². The summed E-state index contributed by atoms with van der Waals surface area (Å²) in [6.07, 6.45) is 2.55. The van der Waals surface area contributed by atoms with Crippen LogP contribution in [-0.4, -0.2) is 25.9 Å². The van der Waals surface area contributed by atoms with Crippen LogP contribution in [0.2, 0.25) is 0 Å². The number of rotatable bonds is 6. The number of benzene rings is 1. The first-order valence-corrected chi connectivity index (χ1v) is 5.09. The lowest BCUT2D eigenvalue weighted by Crippen LogP contribution is -2.03. The van der Waals surface area contributed by atoms with Crippen molar-refractivity contribution < 1.29 is 9.47 Å². The standard InChI is InChI=1S/C12H15O2/c1-2-5-11(6-3-1)7-4-8-13-9-12-10-14-12/h2-3,5-6,12H,4,7-10H2. The van der Waals surface area contributed by atoms with Crippen molar-refractivity contribution in [2.45, 2.75) is 18.9 Å².